The predicted octanol–water partition coefficient (Wildman–Crippen LogP) is 4.72. The molecule has 1 saturated heterocycles. The lowest BCUT2D eigenvalue weighted by molar-refractivity contribution is -0.140. The Kier molecular flexibility index (Phi) is 8.34. The Morgan fingerprint density at radius 1 is 0.971 bits per heavy atom. The third kappa shape index (κ3) is 5.78. The van der Waals surface area contributed by atoms with E-state index in [1.165, 1.54) is 4.90 Å². The second-order valence-corrected chi connectivity index (χ2v) is 8.77. The van der Waals surface area contributed by atoms with Gasteiger partial charge in [0.05, 0.1) is 23.8 Å². The highest BCUT2D eigenvalue weighted by molar-refractivity contribution is 6.46. The molecule has 0 aliphatic carbocycles. The first-order chi connectivity index (χ1) is 16.2. The number of aliphatic hydroxyl groups excluding tert-OH is 1. The number of ketones is 1. The first-order valence-corrected chi connectivity index (χ1v) is 11.5. The smallest absolute Gasteiger partial charge is 0.295 e. The van der Waals surface area contributed by atoms with Gasteiger partial charge in [-0.1, -0.05) is 24.3 Å². The van der Waals surface area contributed by atoms with E-state index in [0.717, 1.165) is 0 Å². The first kappa shape index (κ1) is 25.3. The molecule has 0 radical (unpaired) electrons. The van der Waals surface area contributed by atoms with Crippen molar-refractivity contribution in [3.8, 4) is 11.5 Å². The Hall–Kier alpha value is -3.32. The van der Waals surface area contributed by atoms with Gasteiger partial charge >= 0.3 is 0 Å². The molecule has 7 heteroatoms. The topological polar surface area (TPSA) is 85.3 Å². The normalized spacial score (nSPS) is 17.6. The third-order valence-corrected chi connectivity index (χ3v) is 5.33. The molecule has 34 heavy (non-hydrogen) atoms. The van der Waals surface area contributed by atoms with Crippen LogP contribution in [0, 0.1) is 0 Å². The van der Waals surface area contributed by atoms with Crippen LogP contribution in [0.25, 0.3) is 5.76 Å². The molecule has 1 unspecified atom stereocenters. The second kappa shape index (κ2) is 11.2. The van der Waals surface area contributed by atoms with E-state index in [4.69, 9.17) is 14.2 Å². The number of amides is 1. The number of nitrogens with zero attached hydrogens (tertiary/aromatic N) is 1. The number of ether oxygens (including phenoxy) is 3. The van der Waals surface area contributed by atoms with Crippen molar-refractivity contribution in [1.82, 2.24) is 4.90 Å². The zero-order valence-electron chi connectivity index (χ0n) is 20.4. The van der Waals surface area contributed by atoms with Crippen molar-refractivity contribution in [2.45, 2.75) is 52.4 Å². The number of carbonyl (C=O) groups is 2. The minimum Gasteiger partial charge on any atom is -0.507 e. The van der Waals surface area contributed by atoms with Crippen LogP contribution in [0.4, 0.5) is 0 Å². The maximum absolute atomic E-state index is 13.1. The Morgan fingerprint density at radius 3 is 2.24 bits per heavy atom. The molecule has 0 saturated carbocycles. The van der Waals surface area contributed by atoms with Gasteiger partial charge in [0.1, 0.15) is 17.3 Å². The van der Waals surface area contributed by atoms with Gasteiger partial charge in [-0.25, -0.2) is 0 Å². The molecule has 3 rings (SSSR count). The summed E-state index contributed by atoms with van der Waals surface area (Å²) >= 11 is 0. The number of likely N-dealkylation sites (tertiary alicyclic amines) is 1. The van der Waals surface area contributed by atoms with Crippen LogP contribution in [0.15, 0.2) is 54.1 Å². The van der Waals surface area contributed by atoms with Gasteiger partial charge in [0, 0.05) is 25.8 Å². The highest BCUT2D eigenvalue weighted by Gasteiger charge is 2.45. The summed E-state index contributed by atoms with van der Waals surface area (Å²) in [5.74, 6) is -0.319. The lowest BCUT2D eigenvalue weighted by Crippen LogP contribution is -2.31. The summed E-state index contributed by atoms with van der Waals surface area (Å²) in [7, 11) is 1.59. The van der Waals surface area contributed by atoms with Gasteiger partial charge in [-0.3, -0.25) is 9.59 Å². The van der Waals surface area contributed by atoms with E-state index in [2.05, 4.69) is 0 Å². The first-order valence-electron chi connectivity index (χ1n) is 11.5. The molecular formula is C27H33NO6. The second-order valence-electron chi connectivity index (χ2n) is 8.77. The summed E-state index contributed by atoms with van der Waals surface area (Å²) in [4.78, 5) is 27.6. The van der Waals surface area contributed by atoms with Gasteiger partial charge in [0.25, 0.3) is 11.7 Å². The Morgan fingerprint density at radius 2 is 1.62 bits per heavy atom. The SMILES string of the molecule is COCCCN1C(=O)C(=O)/C(=C(\O)c2cccc(OC(C)C)c2)C1c1ccc(OC(C)C)cc1. The molecule has 1 N–H and O–H groups in total. The number of aliphatic hydroxyl groups is 1. The van der Waals surface area contributed by atoms with Crippen LogP contribution in [0.3, 0.4) is 0 Å². The number of methoxy groups -OCH3 is 1. The fourth-order valence-corrected chi connectivity index (χ4v) is 3.98. The van der Waals surface area contributed by atoms with Crippen molar-refractivity contribution in [2.24, 2.45) is 0 Å². The summed E-state index contributed by atoms with van der Waals surface area (Å²) in [5.41, 5.74) is 1.18. The number of benzene rings is 2. The zero-order valence-corrected chi connectivity index (χ0v) is 20.4. The van der Waals surface area contributed by atoms with Crippen LogP contribution in [0.2, 0.25) is 0 Å². The number of hydrogen-bond donors (Lipinski definition) is 1. The van der Waals surface area contributed by atoms with Crippen LogP contribution < -0.4 is 9.47 Å². The number of rotatable bonds is 10. The van der Waals surface area contributed by atoms with Crippen LogP contribution in [0.5, 0.6) is 11.5 Å². The average Bonchev–Trinajstić information content (AvgIpc) is 3.03. The van der Waals surface area contributed by atoms with Crippen molar-refractivity contribution in [3.05, 3.63) is 65.2 Å². The summed E-state index contributed by atoms with van der Waals surface area (Å²) in [6.07, 6.45) is 0.535. The molecule has 0 aromatic heterocycles. The Bertz CT molecular complexity index is 1040. The molecule has 2 aromatic rings. The van der Waals surface area contributed by atoms with Crippen molar-refractivity contribution in [3.63, 3.8) is 0 Å². The van der Waals surface area contributed by atoms with E-state index in [1.54, 1.807) is 31.4 Å². The highest BCUT2D eigenvalue weighted by Crippen LogP contribution is 2.40. The molecule has 7 nitrogen and oxygen atoms in total. The molecular weight excluding hydrogens is 434 g/mol. The van der Waals surface area contributed by atoms with E-state index in [0.29, 0.717) is 42.2 Å². The molecule has 1 aliphatic rings. The minimum atomic E-state index is -0.723. The maximum Gasteiger partial charge on any atom is 0.295 e. The third-order valence-electron chi connectivity index (χ3n) is 5.33. The zero-order chi connectivity index (χ0) is 24.8. The van der Waals surface area contributed by atoms with Crippen molar-refractivity contribution in [1.29, 1.82) is 0 Å². The van der Waals surface area contributed by atoms with Crippen molar-refractivity contribution < 1.29 is 28.9 Å². The van der Waals surface area contributed by atoms with Gasteiger partial charge in [-0.05, 0) is 63.9 Å². The van der Waals surface area contributed by atoms with Gasteiger partial charge in [-0.2, -0.15) is 0 Å². The van der Waals surface area contributed by atoms with Gasteiger partial charge in [-0.15, -0.1) is 0 Å². The van der Waals surface area contributed by atoms with Gasteiger partial charge < -0.3 is 24.2 Å². The lowest BCUT2D eigenvalue weighted by Gasteiger charge is -2.25. The largest absolute Gasteiger partial charge is 0.507 e. The fraction of sp³-hybridized carbons (Fsp3) is 0.407. The minimum absolute atomic E-state index is 0.0193. The molecule has 1 amide bonds. The quantitative estimate of drug-likeness (QED) is 0.236. The Balaban J connectivity index is 2.07. The van der Waals surface area contributed by atoms with Crippen LogP contribution in [-0.4, -0.2) is 54.2 Å². The summed E-state index contributed by atoms with van der Waals surface area (Å²) in [6.45, 7) is 8.47. The van der Waals surface area contributed by atoms with Gasteiger partial charge in [0.15, 0.2) is 0 Å². The van der Waals surface area contributed by atoms with Crippen molar-refractivity contribution >= 4 is 17.4 Å². The van der Waals surface area contributed by atoms with Crippen LogP contribution in [-0.2, 0) is 14.3 Å². The molecule has 1 atom stereocenters. The number of hydrogen-bond acceptors (Lipinski definition) is 6. The van der Waals surface area contributed by atoms with Crippen LogP contribution in [0.1, 0.15) is 51.3 Å². The summed E-state index contributed by atoms with van der Waals surface area (Å²) in [6, 6.07) is 13.4. The number of Topliss-reactive ketones (excluding diaryl/α,β-unsaturated/α-hetero) is 1. The fourth-order valence-electron chi connectivity index (χ4n) is 3.98. The Labute approximate surface area is 200 Å². The summed E-state index contributed by atoms with van der Waals surface area (Å²) in [5, 5.41) is 11.2. The average molecular weight is 468 g/mol. The molecule has 1 aliphatic heterocycles. The predicted molar refractivity (Wildman–Crippen MR) is 130 cm³/mol. The van der Waals surface area contributed by atoms with Gasteiger partial charge in [0.2, 0.25) is 0 Å². The van der Waals surface area contributed by atoms with E-state index < -0.39 is 17.7 Å². The van der Waals surface area contributed by atoms with Crippen LogP contribution >= 0.6 is 0 Å². The van der Waals surface area contributed by atoms with E-state index in [9.17, 15) is 14.7 Å². The molecule has 0 spiro atoms. The van der Waals surface area contributed by atoms with E-state index in [-0.39, 0.29) is 23.5 Å². The molecule has 0 bridgehead atoms. The lowest BCUT2D eigenvalue weighted by atomic mass is 9.95. The molecule has 2 aromatic carbocycles. The molecule has 1 fully saturated rings. The standard InChI is InChI=1S/C27H33NO6/c1-17(2)33-21-12-10-19(11-13-21)24-23(26(30)27(31)28(24)14-7-15-32-5)25(29)20-8-6-9-22(16-20)34-18(3)4/h6,8-13,16-18,24,29H,7,14-15H2,1-5H3/b25-23-. The number of carbonyl (C=O) groups excluding carboxylic acids is 2. The van der Waals surface area contributed by atoms with E-state index in [1.807, 2.05) is 52.0 Å². The summed E-state index contributed by atoms with van der Waals surface area (Å²) < 4.78 is 16.6. The monoisotopic (exact) mass is 467 g/mol. The molecule has 1 heterocycles. The van der Waals surface area contributed by atoms with Crippen molar-refractivity contribution in [2.75, 3.05) is 20.3 Å². The molecule has 182 valence electrons. The van der Waals surface area contributed by atoms with E-state index >= 15 is 0 Å². The highest BCUT2D eigenvalue weighted by atomic mass is 16.5. The maximum atomic E-state index is 13.1.